The van der Waals surface area contributed by atoms with Crippen LogP contribution in [-0.2, 0) is 25.0 Å². The molecule has 0 saturated heterocycles. The van der Waals surface area contributed by atoms with Crippen LogP contribution in [0.2, 0.25) is 0 Å². The number of phosphoric acid groups is 3. The van der Waals surface area contributed by atoms with Gasteiger partial charge in [0.2, 0.25) is 0 Å². The molecule has 2 aromatic rings. The summed E-state index contributed by atoms with van der Waals surface area (Å²) in [7, 11) is -14.5. The third-order valence-electron chi connectivity index (χ3n) is 2.29. The van der Waals surface area contributed by atoms with Crippen LogP contribution >= 0.6 is 23.5 Å². The Bertz CT molecular complexity index is 832. The molecule has 0 bridgehead atoms. The lowest BCUT2D eigenvalue weighted by Gasteiger charge is -2.36. The second kappa shape index (κ2) is 13.1. The number of hydrogen-bond acceptors (Lipinski definition) is 17. The van der Waals surface area contributed by atoms with E-state index in [2.05, 4.69) is 15.0 Å². The number of anilines is 1. The van der Waals surface area contributed by atoms with Crippen LogP contribution in [0.3, 0.4) is 0 Å². The zero-order valence-corrected chi connectivity index (χ0v) is 17.6. The smallest absolute Gasteiger partial charge is 0.165 e. The Labute approximate surface area is 168 Å². The van der Waals surface area contributed by atoms with E-state index in [1.165, 1.54) is 6.33 Å². The van der Waals surface area contributed by atoms with E-state index >= 15 is 0 Å². The van der Waals surface area contributed by atoms with E-state index in [1.807, 2.05) is 11.5 Å². The molecule has 0 saturated carbocycles. The first-order valence-corrected chi connectivity index (χ1v) is 11.2. The van der Waals surface area contributed by atoms with Gasteiger partial charge in [0, 0.05) is 7.11 Å². The van der Waals surface area contributed by atoms with Crippen molar-refractivity contribution in [3.05, 3.63) is 12.7 Å². The first kappa shape index (κ1) is 30.8. The van der Waals surface area contributed by atoms with E-state index in [-0.39, 0.29) is 6.10 Å². The van der Waals surface area contributed by atoms with Gasteiger partial charge in [0.1, 0.15) is 11.8 Å². The second-order valence-corrected chi connectivity index (χ2v) is 7.40. The maximum atomic E-state index is 8.55. The Hall–Kier alpha value is -1.36. The Morgan fingerprint density at radius 2 is 1.33 bits per heavy atom. The van der Waals surface area contributed by atoms with Gasteiger partial charge in [-0.15, -0.1) is 0 Å². The van der Waals surface area contributed by atoms with Gasteiger partial charge >= 0.3 is 0 Å². The lowest BCUT2D eigenvalue weighted by atomic mass is 10.4. The summed E-state index contributed by atoms with van der Waals surface area (Å²) in [5, 5.41) is 0. The van der Waals surface area contributed by atoms with Crippen molar-refractivity contribution >= 4 is 40.4 Å². The number of nitrogens with two attached hydrogens (primary N) is 1. The highest BCUT2D eigenvalue weighted by Gasteiger charge is 2.09. The Morgan fingerprint density at radius 1 is 0.933 bits per heavy atom. The minimum absolute atomic E-state index is 0.110. The van der Waals surface area contributed by atoms with Crippen molar-refractivity contribution in [1.82, 2.24) is 19.5 Å². The molecule has 30 heavy (non-hydrogen) atoms. The maximum absolute atomic E-state index is 8.55. The summed E-state index contributed by atoms with van der Waals surface area (Å²) in [5.41, 5.74) is 7.06. The molecule has 0 aliphatic rings. The van der Waals surface area contributed by atoms with Crippen LogP contribution in [0.25, 0.3) is 11.2 Å². The second-order valence-electron chi connectivity index (χ2n) is 4.72. The Kier molecular flexibility index (Phi) is 13.5. The molecule has 176 valence electrons. The van der Waals surface area contributed by atoms with E-state index in [1.54, 1.807) is 13.4 Å². The zero-order chi connectivity index (χ0) is 24.3. The van der Waals surface area contributed by atoms with E-state index < -0.39 is 23.5 Å². The highest BCUT2D eigenvalue weighted by Crippen LogP contribution is 2.14. The van der Waals surface area contributed by atoms with Crippen LogP contribution in [-0.4, -0.2) is 32.7 Å². The molecule has 1 unspecified atom stereocenters. The van der Waals surface area contributed by atoms with Gasteiger partial charge in [0.25, 0.3) is 0 Å². The fourth-order valence-electron chi connectivity index (χ4n) is 1.38. The number of imidazole rings is 1. The summed E-state index contributed by atoms with van der Waals surface area (Å²) < 4.78 is 32.7. The minimum Gasteiger partial charge on any atom is -0.822 e. The average Bonchev–Trinajstić information content (AvgIpc) is 2.86. The van der Waals surface area contributed by atoms with Gasteiger partial charge in [-0.2, -0.15) is 23.5 Å². The molecule has 0 aliphatic heterocycles. The predicted octanol–water partition coefficient (Wildman–Crippen LogP) is -8.03. The third kappa shape index (κ3) is 22.9. The number of hydrogen-bond donors (Lipinski definition) is 1. The van der Waals surface area contributed by atoms with Crippen molar-refractivity contribution in [2.24, 2.45) is 0 Å². The molecule has 18 nitrogen and oxygen atoms in total. The topological polar surface area (TPSA) is 338 Å². The summed E-state index contributed by atoms with van der Waals surface area (Å²) in [6.07, 6.45) is 3.25. The van der Waals surface area contributed by atoms with Gasteiger partial charge in [0.15, 0.2) is 11.5 Å². The van der Waals surface area contributed by atoms with Crippen LogP contribution in [0.15, 0.2) is 12.7 Å². The normalized spacial score (nSPS) is 12.5. The highest BCUT2D eigenvalue weighted by molar-refractivity contribution is 7.40. The Balaban J connectivity index is 0. The molecule has 0 aliphatic carbocycles. The van der Waals surface area contributed by atoms with Crippen LogP contribution in [0.5, 0.6) is 0 Å². The monoisotopic (exact) mass is 492 g/mol. The summed E-state index contributed by atoms with van der Waals surface area (Å²) in [6, 6.07) is 0. The highest BCUT2D eigenvalue weighted by atomic mass is 31.2. The molecule has 2 heterocycles. The first-order valence-electron chi connectivity index (χ1n) is 6.85. The van der Waals surface area contributed by atoms with Gasteiger partial charge in [-0.25, -0.2) is 15.0 Å². The minimum atomic E-state index is -5.39. The summed E-state index contributed by atoms with van der Waals surface area (Å²) in [6.45, 7) is 2.68. The van der Waals surface area contributed by atoms with E-state index in [9.17, 15) is 0 Å². The van der Waals surface area contributed by atoms with Crippen molar-refractivity contribution in [3.63, 3.8) is 0 Å². The fourth-order valence-corrected chi connectivity index (χ4v) is 1.38. The van der Waals surface area contributed by atoms with Gasteiger partial charge in [0.05, 0.1) is 19.0 Å². The van der Waals surface area contributed by atoms with E-state index in [4.69, 9.17) is 68.2 Å². The lowest BCUT2D eigenvalue weighted by Crippen LogP contribution is -2.24. The van der Waals surface area contributed by atoms with Gasteiger partial charge < -0.3 is 72.8 Å². The molecule has 21 heteroatoms. The first-order chi connectivity index (χ1) is 13.2. The number of rotatable bonds is 3. The number of fused-ring (bicyclic) bond motifs is 1. The SMILES string of the molecule is COC(C)Cn1cnc2c(N)ncnc21.O=P([O-])([O-])[O-].O=P([O-])([O-])[O-].O=P([O-])([O-])[O-]. The summed E-state index contributed by atoms with van der Waals surface area (Å²) in [4.78, 5) is 89.1. The predicted molar refractivity (Wildman–Crippen MR) is 79.0 cm³/mol. The molecule has 2 aromatic heterocycles. The summed E-state index contributed by atoms with van der Waals surface area (Å²) >= 11 is 0. The van der Waals surface area contributed by atoms with Crippen LogP contribution in [0.4, 0.5) is 5.82 Å². The molecule has 0 aromatic carbocycles. The van der Waals surface area contributed by atoms with Gasteiger partial charge in [-0.1, -0.05) is 0 Å². The van der Waals surface area contributed by atoms with Crippen LogP contribution in [0, 0.1) is 0 Å². The molecule has 2 N–H and O–H groups in total. The van der Waals surface area contributed by atoms with Crippen molar-refractivity contribution < 1.29 is 62.5 Å². The molecule has 0 spiro atoms. The number of nitrogen functional groups attached to an aromatic ring is 1. The molecule has 0 radical (unpaired) electrons. The van der Waals surface area contributed by atoms with Crippen molar-refractivity contribution in [3.8, 4) is 0 Å². The average molecular weight is 492 g/mol. The summed E-state index contributed by atoms with van der Waals surface area (Å²) in [5.74, 6) is 0.406. The molecule has 0 fully saturated rings. The maximum Gasteiger partial charge on any atom is 0.165 e. The number of aromatic nitrogens is 4. The zero-order valence-electron chi connectivity index (χ0n) is 15.0. The molecule has 2 rings (SSSR count). The van der Waals surface area contributed by atoms with Crippen LogP contribution < -0.4 is 49.8 Å². The Morgan fingerprint density at radius 3 is 1.70 bits per heavy atom. The standard InChI is InChI=1S/C9H13N5O.3H3O4P/c1-6(15-2)3-14-5-13-7-8(10)11-4-12-9(7)14;3*1-5(2,3)4/h4-6H,3H2,1-2H3,(H2,10,11,12);3*(H3,1,2,3,4)/p-9. The third-order valence-corrected chi connectivity index (χ3v) is 2.29. The lowest BCUT2D eigenvalue weighted by molar-refractivity contribution is -0.434. The van der Waals surface area contributed by atoms with Gasteiger partial charge in [-0.05, 0) is 6.92 Å². The van der Waals surface area contributed by atoms with Gasteiger partial charge in [-0.3, -0.25) is 0 Å². The molecule has 1 atom stereocenters. The van der Waals surface area contributed by atoms with Crippen molar-refractivity contribution in [2.75, 3.05) is 12.8 Å². The van der Waals surface area contributed by atoms with Crippen molar-refractivity contribution in [1.29, 1.82) is 0 Å². The van der Waals surface area contributed by atoms with E-state index in [0.717, 1.165) is 5.65 Å². The molecule has 0 amide bonds. The molecular formula is C9H13N5O13P3-9. The molecular weight excluding hydrogens is 479 g/mol. The largest absolute Gasteiger partial charge is 0.822 e. The van der Waals surface area contributed by atoms with E-state index in [0.29, 0.717) is 17.9 Å². The van der Waals surface area contributed by atoms with Crippen LogP contribution in [0.1, 0.15) is 6.92 Å². The number of ether oxygens (including phenoxy) is 1. The number of nitrogens with zero attached hydrogens (tertiary/aromatic N) is 4. The fraction of sp³-hybridized carbons (Fsp3) is 0.444. The quantitative estimate of drug-likeness (QED) is 0.388. The number of methoxy groups -OCH3 is 1. The van der Waals surface area contributed by atoms with Crippen molar-refractivity contribution in [2.45, 2.75) is 19.6 Å².